The van der Waals surface area contributed by atoms with Crippen LogP contribution in [0.5, 0.6) is 0 Å². The minimum atomic E-state index is -0.713. The lowest BCUT2D eigenvalue weighted by Crippen LogP contribution is -2.39. The zero-order valence-electron chi connectivity index (χ0n) is 37.7. The fourth-order valence-corrected chi connectivity index (χ4v) is 6.83. The van der Waals surface area contributed by atoms with Gasteiger partial charge in [0.2, 0.25) is 0 Å². The van der Waals surface area contributed by atoms with Crippen LogP contribution in [0.2, 0.25) is 0 Å². The summed E-state index contributed by atoms with van der Waals surface area (Å²) < 4.78 is 22.3. The Labute approximate surface area is 364 Å². The van der Waals surface area contributed by atoms with E-state index < -0.39 is 46.3 Å². The molecule has 3 heterocycles. The Balaban J connectivity index is 1.67. The molecular formula is C46H62N6O8S. The van der Waals surface area contributed by atoms with Crippen LogP contribution in [-0.4, -0.2) is 97.2 Å². The van der Waals surface area contributed by atoms with Crippen molar-refractivity contribution >= 4 is 40.9 Å². The molecule has 0 fully saturated rings. The van der Waals surface area contributed by atoms with Crippen LogP contribution < -0.4 is 5.73 Å². The van der Waals surface area contributed by atoms with Crippen LogP contribution in [-0.2, 0) is 57.6 Å². The Morgan fingerprint density at radius 1 is 0.541 bits per heavy atom. The SMILES string of the molecule is CC(C)(C)OC(=O)CN(CC(=O)OC(C)(C)C)Cc1cccc(-c2csc(-c3cc(Cc4ccc(N)cc4)cc(CN(CC(=O)OC(C)(C)C)CC(=O)OC(C)(C)C)n3)n2)n1. The molecule has 61 heavy (non-hydrogen) atoms. The molecule has 0 radical (unpaired) electrons. The van der Waals surface area contributed by atoms with Gasteiger partial charge in [0.25, 0.3) is 0 Å². The zero-order chi connectivity index (χ0) is 45.3. The summed E-state index contributed by atoms with van der Waals surface area (Å²) in [4.78, 5) is 70.0. The molecule has 0 aliphatic rings. The first-order chi connectivity index (χ1) is 28.2. The maximum atomic E-state index is 13.1. The van der Waals surface area contributed by atoms with E-state index in [9.17, 15) is 19.2 Å². The number of esters is 4. The first-order valence-electron chi connectivity index (χ1n) is 20.3. The molecule has 1 aromatic carbocycles. The number of hydrogen-bond donors (Lipinski definition) is 1. The molecule has 330 valence electrons. The highest BCUT2D eigenvalue weighted by atomic mass is 32.1. The molecule has 4 rings (SSSR count). The van der Waals surface area contributed by atoms with Crippen LogP contribution >= 0.6 is 11.3 Å². The van der Waals surface area contributed by atoms with Crippen molar-refractivity contribution in [3.63, 3.8) is 0 Å². The van der Waals surface area contributed by atoms with E-state index in [0.717, 1.165) is 11.1 Å². The molecule has 0 aliphatic carbocycles. The molecule has 0 aliphatic heterocycles. The number of aromatic nitrogens is 3. The molecular weight excluding hydrogens is 797 g/mol. The van der Waals surface area contributed by atoms with Gasteiger partial charge in [-0.2, -0.15) is 0 Å². The van der Waals surface area contributed by atoms with E-state index in [4.69, 9.17) is 39.6 Å². The summed E-state index contributed by atoms with van der Waals surface area (Å²) in [6.07, 6.45) is 0.561. The maximum absolute atomic E-state index is 13.1. The van der Waals surface area contributed by atoms with Crippen molar-refractivity contribution in [1.29, 1.82) is 0 Å². The standard InChI is InChI=1S/C46H62N6O8S/c1-43(2,3)57-38(53)25-51(26-39(54)58-44(4,5)6)23-33-14-13-15-35(48-33)37-29-61-42(50-37)36-22-31(20-30-16-18-32(47)19-17-30)21-34(49-36)24-52(27-40(55)59-45(7,8)9)28-41(56)60-46(10,11)12/h13-19,21-22,29H,20,23-28,47H2,1-12H3. The number of nitrogens with zero attached hydrogens (tertiary/aromatic N) is 5. The number of rotatable bonds is 16. The maximum Gasteiger partial charge on any atom is 0.320 e. The number of anilines is 1. The number of hydrogen-bond acceptors (Lipinski definition) is 15. The van der Waals surface area contributed by atoms with E-state index in [-0.39, 0.29) is 39.3 Å². The fraction of sp³-hybridized carbons (Fsp3) is 0.500. The Morgan fingerprint density at radius 3 is 1.44 bits per heavy atom. The van der Waals surface area contributed by atoms with Crippen LogP contribution in [0.1, 0.15) is 106 Å². The van der Waals surface area contributed by atoms with Gasteiger partial charge in [0.1, 0.15) is 33.1 Å². The topological polar surface area (TPSA) is 176 Å². The van der Waals surface area contributed by atoms with Crippen LogP contribution in [0.4, 0.5) is 5.69 Å². The van der Waals surface area contributed by atoms with E-state index in [2.05, 4.69) is 0 Å². The van der Waals surface area contributed by atoms with Gasteiger partial charge in [-0.15, -0.1) is 11.3 Å². The molecule has 14 nitrogen and oxygen atoms in total. The van der Waals surface area contributed by atoms with Crippen LogP contribution in [0.15, 0.2) is 60.0 Å². The molecule has 2 N–H and O–H groups in total. The van der Waals surface area contributed by atoms with Crippen molar-refractivity contribution in [2.24, 2.45) is 0 Å². The van der Waals surface area contributed by atoms with Gasteiger partial charge in [-0.25, -0.2) is 15.0 Å². The summed E-state index contributed by atoms with van der Waals surface area (Å²) in [5, 5.41) is 2.52. The van der Waals surface area contributed by atoms with Crippen LogP contribution in [0.25, 0.3) is 22.1 Å². The van der Waals surface area contributed by atoms with Crippen molar-refractivity contribution in [3.05, 3.63) is 82.5 Å². The summed E-state index contributed by atoms with van der Waals surface area (Å²) in [6, 6.07) is 17.1. The summed E-state index contributed by atoms with van der Waals surface area (Å²) in [5.41, 5.74) is 8.81. The van der Waals surface area contributed by atoms with Crippen LogP contribution in [0, 0.1) is 0 Å². The Kier molecular flexibility index (Phi) is 15.9. The quantitative estimate of drug-likeness (QED) is 0.0670. The lowest BCUT2D eigenvalue weighted by molar-refractivity contribution is -0.162. The van der Waals surface area contributed by atoms with E-state index in [1.165, 1.54) is 11.3 Å². The molecule has 0 unspecified atom stereocenters. The van der Waals surface area contributed by atoms with E-state index in [1.807, 2.05) is 60.0 Å². The number of thiazole rings is 1. The van der Waals surface area contributed by atoms with Crippen molar-refractivity contribution in [2.45, 2.75) is 125 Å². The fourth-order valence-electron chi connectivity index (χ4n) is 6.05. The van der Waals surface area contributed by atoms with Gasteiger partial charge in [-0.3, -0.25) is 29.0 Å². The number of carbonyl (C=O) groups excluding carboxylic acids is 4. The average molecular weight is 859 g/mol. The van der Waals surface area contributed by atoms with E-state index in [1.54, 1.807) is 92.9 Å². The largest absolute Gasteiger partial charge is 0.459 e. The highest BCUT2D eigenvalue weighted by molar-refractivity contribution is 7.13. The highest BCUT2D eigenvalue weighted by Crippen LogP contribution is 2.29. The first kappa shape index (κ1) is 48.4. The summed E-state index contributed by atoms with van der Waals surface area (Å²) >= 11 is 1.40. The molecule has 4 aromatic rings. The number of pyridine rings is 2. The van der Waals surface area contributed by atoms with Gasteiger partial charge in [0, 0.05) is 24.2 Å². The molecule has 3 aromatic heterocycles. The van der Waals surface area contributed by atoms with Gasteiger partial charge in [-0.05, 0) is 137 Å². The third-order valence-corrected chi connectivity index (χ3v) is 8.85. The van der Waals surface area contributed by atoms with E-state index >= 15 is 0 Å². The molecule has 0 bridgehead atoms. The Bertz CT molecular complexity index is 2080. The predicted molar refractivity (Wildman–Crippen MR) is 236 cm³/mol. The Morgan fingerprint density at radius 2 is 0.984 bits per heavy atom. The molecule has 0 atom stereocenters. The summed E-state index contributed by atoms with van der Waals surface area (Å²) in [7, 11) is 0. The smallest absolute Gasteiger partial charge is 0.320 e. The van der Waals surface area contributed by atoms with Crippen LogP contribution in [0.3, 0.4) is 0 Å². The third kappa shape index (κ3) is 18.1. The molecule has 0 spiro atoms. The van der Waals surface area contributed by atoms with E-state index in [0.29, 0.717) is 45.6 Å². The van der Waals surface area contributed by atoms with Gasteiger partial charge < -0.3 is 24.7 Å². The number of nitrogens with two attached hydrogens (primary N) is 1. The van der Waals surface area contributed by atoms with Crippen molar-refractivity contribution in [2.75, 3.05) is 31.9 Å². The second kappa shape index (κ2) is 20.1. The second-order valence-corrected chi connectivity index (χ2v) is 19.8. The lowest BCUT2D eigenvalue weighted by atomic mass is 10.0. The zero-order valence-corrected chi connectivity index (χ0v) is 38.5. The Hall–Kier alpha value is -5.25. The van der Waals surface area contributed by atoms with Gasteiger partial charge in [-0.1, -0.05) is 18.2 Å². The third-order valence-electron chi connectivity index (χ3n) is 7.98. The van der Waals surface area contributed by atoms with Crippen molar-refractivity contribution < 1.29 is 38.1 Å². The minimum absolute atomic E-state index is 0.142. The molecule has 15 heteroatoms. The minimum Gasteiger partial charge on any atom is -0.459 e. The monoisotopic (exact) mass is 858 g/mol. The van der Waals surface area contributed by atoms with Gasteiger partial charge in [0.15, 0.2) is 0 Å². The summed E-state index contributed by atoms with van der Waals surface area (Å²) in [6.45, 7) is 21.2. The second-order valence-electron chi connectivity index (χ2n) is 19.0. The predicted octanol–water partition coefficient (Wildman–Crippen LogP) is 7.41. The molecule has 0 saturated heterocycles. The lowest BCUT2D eigenvalue weighted by Gasteiger charge is -2.26. The normalized spacial score (nSPS) is 12.4. The first-order valence-corrected chi connectivity index (χ1v) is 21.1. The summed E-state index contributed by atoms with van der Waals surface area (Å²) in [5.74, 6) is -1.91. The number of carbonyl (C=O) groups is 4. The number of nitrogen functional groups attached to an aromatic ring is 1. The highest BCUT2D eigenvalue weighted by Gasteiger charge is 2.26. The van der Waals surface area contributed by atoms with Crippen molar-refractivity contribution in [3.8, 4) is 22.1 Å². The van der Waals surface area contributed by atoms with Gasteiger partial charge in [0.05, 0.1) is 49.0 Å². The number of benzene rings is 1. The van der Waals surface area contributed by atoms with Gasteiger partial charge >= 0.3 is 23.9 Å². The average Bonchev–Trinajstić information content (AvgIpc) is 3.57. The molecule has 0 saturated carbocycles. The molecule has 0 amide bonds. The number of ether oxygens (including phenoxy) is 4. The van der Waals surface area contributed by atoms with Crippen molar-refractivity contribution in [1.82, 2.24) is 24.8 Å².